The smallest absolute Gasteiger partial charge is 0.308 e. The molecule has 8 N–H and O–H groups in total. The van der Waals surface area contributed by atoms with Crippen molar-refractivity contribution in [2.45, 2.75) is 51.0 Å². The number of benzene rings is 2. The molecule has 0 bridgehead atoms. The molecule has 14 heteroatoms. The number of fused-ring (bicyclic) bond motifs is 1. The fraction of sp³-hybridized carbons (Fsp3) is 0.385. The minimum atomic E-state index is -1.88. The molecule has 2 aromatic carbocycles. The Balaban J connectivity index is 1.69. The van der Waals surface area contributed by atoms with Gasteiger partial charge in [0.05, 0.1) is 5.92 Å². The SMILES string of the molecule is CC[C@@H](C)C(=O)OC[C@H]1O[C@@H](Oc2cc3oc(-c4ccc(O)c(O)c4)c(O)c(=O)c3c(O)c2O)[C@H](O)[C@@H](O)[C@@H]1O. The standard InChI is InChI=1S/C26H28O14/c1-3-9(2)25(36)37-8-15-18(30)21(33)23(35)26(40-15)39-14-7-13-16(19(31)17(14)29)20(32)22(34)24(38-13)10-4-5-11(27)12(28)6-10/h4-7,9,15,18,21,23,26-31,33-35H,3,8H2,1-2H3/t9-,15-,18-,21+,23-,26-/m1/s1. The Morgan fingerprint density at radius 1 is 0.950 bits per heavy atom. The molecule has 40 heavy (non-hydrogen) atoms. The van der Waals surface area contributed by atoms with Gasteiger partial charge in [-0.05, 0) is 24.6 Å². The van der Waals surface area contributed by atoms with E-state index in [1.807, 2.05) is 0 Å². The van der Waals surface area contributed by atoms with Crippen LogP contribution in [0.1, 0.15) is 20.3 Å². The molecular formula is C26H28O14. The molecule has 0 aliphatic carbocycles. The van der Waals surface area contributed by atoms with Gasteiger partial charge in [0.2, 0.25) is 23.2 Å². The first-order valence-electron chi connectivity index (χ1n) is 12.2. The second kappa shape index (κ2) is 11.1. The Hall–Kier alpha value is -4.24. The van der Waals surface area contributed by atoms with Gasteiger partial charge in [-0.2, -0.15) is 0 Å². The molecule has 14 nitrogen and oxygen atoms in total. The lowest BCUT2D eigenvalue weighted by atomic mass is 9.99. The molecule has 216 valence electrons. The first kappa shape index (κ1) is 28.8. The number of rotatable bonds is 7. The van der Waals surface area contributed by atoms with Crippen LogP contribution in [0.2, 0.25) is 0 Å². The van der Waals surface area contributed by atoms with Crippen molar-refractivity contribution in [2.24, 2.45) is 5.92 Å². The minimum Gasteiger partial charge on any atom is -0.504 e. The lowest BCUT2D eigenvalue weighted by Crippen LogP contribution is -2.60. The van der Waals surface area contributed by atoms with Crippen LogP contribution in [0.15, 0.2) is 33.5 Å². The van der Waals surface area contributed by atoms with E-state index >= 15 is 0 Å². The Morgan fingerprint density at radius 3 is 2.30 bits per heavy atom. The van der Waals surface area contributed by atoms with Gasteiger partial charge in [-0.15, -0.1) is 0 Å². The van der Waals surface area contributed by atoms with Crippen molar-refractivity contribution in [1.29, 1.82) is 0 Å². The number of carbonyl (C=O) groups is 1. The van der Waals surface area contributed by atoms with Crippen molar-refractivity contribution in [3.05, 3.63) is 34.5 Å². The van der Waals surface area contributed by atoms with Gasteiger partial charge in [0.1, 0.15) is 42.0 Å². The summed E-state index contributed by atoms with van der Waals surface area (Å²) in [6.45, 7) is 2.90. The van der Waals surface area contributed by atoms with E-state index < -0.39 is 106 Å². The highest BCUT2D eigenvalue weighted by atomic mass is 16.7. The lowest BCUT2D eigenvalue weighted by Gasteiger charge is -2.40. The molecule has 0 spiro atoms. The predicted octanol–water partition coefficient (Wildman–Crippen LogP) is 0.764. The zero-order chi connectivity index (χ0) is 29.5. The number of aliphatic hydroxyl groups is 3. The molecule has 1 aromatic heterocycles. The Morgan fingerprint density at radius 2 is 1.65 bits per heavy atom. The van der Waals surface area contributed by atoms with E-state index in [0.29, 0.717) is 6.42 Å². The summed E-state index contributed by atoms with van der Waals surface area (Å²) >= 11 is 0. The summed E-state index contributed by atoms with van der Waals surface area (Å²) in [6, 6.07) is 4.24. The summed E-state index contributed by atoms with van der Waals surface area (Å²) in [7, 11) is 0. The van der Waals surface area contributed by atoms with Crippen LogP contribution in [-0.2, 0) is 14.3 Å². The molecule has 4 rings (SSSR count). The minimum absolute atomic E-state index is 0.0280. The average molecular weight is 564 g/mol. The van der Waals surface area contributed by atoms with Gasteiger partial charge in [-0.25, -0.2) is 0 Å². The molecular weight excluding hydrogens is 536 g/mol. The summed E-state index contributed by atoms with van der Waals surface area (Å²) in [4.78, 5) is 24.8. The largest absolute Gasteiger partial charge is 0.504 e. The molecule has 6 atom stereocenters. The third-order valence-corrected chi connectivity index (χ3v) is 6.63. The summed E-state index contributed by atoms with van der Waals surface area (Å²) in [5, 5.41) is 81.2. The fourth-order valence-corrected chi connectivity index (χ4v) is 3.99. The Bertz CT molecular complexity index is 1480. The summed E-state index contributed by atoms with van der Waals surface area (Å²) in [6.07, 6.45) is -8.01. The highest BCUT2D eigenvalue weighted by Crippen LogP contribution is 2.44. The van der Waals surface area contributed by atoms with Crippen LogP contribution < -0.4 is 10.2 Å². The summed E-state index contributed by atoms with van der Waals surface area (Å²) in [5.41, 5.74) is -1.60. The van der Waals surface area contributed by atoms with Crippen LogP contribution in [0.4, 0.5) is 0 Å². The molecule has 1 aliphatic heterocycles. The van der Waals surface area contributed by atoms with Crippen molar-refractivity contribution in [3.8, 4) is 45.8 Å². The maximum atomic E-state index is 12.8. The van der Waals surface area contributed by atoms with Crippen LogP contribution >= 0.6 is 0 Å². The lowest BCUT2D eigenvalue weighted by molar-refractivity contribution is -0.279. The van der Waals surface area contributed by atoms with Crippen LogP contribution in [0.3, 0.4) is 0 Å². The van der Waals surface area contributed by atoms with Gasteiger partial charge < -0.3 is 59.5 Å². The number of phenols is 4. The van der Waals surface area contributed by atoms with E-state index in [1.54, 1.807) is 13.8 Å². The monoisotopic (exact) mass is 564 g/mol. The maximum absolute atomic E-state index is 12.8. The maximum Gasteiger partial charge on any atom is 0.308 e. The van der Waals surface area contributed by atoms with E-state index in [-0.39, 0.29) is 5.56 Å². The van der Waals surface area contributed by atoms with Crippen molar-refractivity contribution < 1.29 is 64.3 Å². The second-order valence-electron chi connectivity index (χ2n) is 9.33. The molecule has 0 unspecified atom stereocenters. The molecule has 0 radical (unpaired) electrons. The van der Waals surface area contributed by atoms with Gasteiger partial charge in [-0.3, -0.25) is 9.59 Å². The van der Waals surface area contributed by atoms with Crippen LogP contribution in [-0.4, -0.2) is 84.1 Å². The van der Waals surface area contributed by atoms with E-state index in [2.05, 4.69) is 0 Å². The van der Waals surface area contributed by atoms with Crippen molar-refractivity contribution in [3.63, 3.8) is 0 Å². The molecule has 1 fully saturated rings. The Kier molecular flexibility index (Phi) is 7.98. The first-order valence-corrected chi connectivity index (χ1v) is 12.2. The van der Waals surface area contributed by atoms with Gasteiger partial charge in [0.15, 0.2) is 28.8 Å². The number of carbonyl (C=O) groups excluding carboxylic acids is 1. The number of esters is 1. The zero-order valence-electron chi connectivity index (χ0n) is 21.2. The molecule has 2 heterocycles. The van der Waals surface area contributed by atoms with Crippen molar-refractivity contribution in [1.82, 2.24) is 0 Å². The van der Waals surface area contributed by atoms with E-state index in [9.17, 15) is 50.4 Å². The fourth-order valence-electron chi connectivity index (χ4n) is 3.99. The van der Waals surface area contributed by atoms with Gasteiger partial charge in [0.25, 0.3) is 0 Å². The zero-order valence-corrected chi connectivity index (χ0v) is 21.2. The third kappa shape index (κ3) is 5.16. The number of hydrogen-bond donors (Lipinski definition) is 8. The molecule has 0 amide bonds. The van der Waals surface area contributed by atoms with Crippen LogP contribution in [0, 0.1) is 5.92 Å². The topological polar surface area (TPSA) is 237 Å². The molecule has 3 aromatic rings. The van der Waals surface area contributed by atoms with E-state index in [4.69, 9.17) is 18.6 Å². The number of aliphatic hydroxyl groups excluding tert-OH is 3. The van der Waals surface area contributed by atoms with Gasteiger partial charge >= 0.3 is 5.97 Å². The quantitative estimate of drug-likeness (QED) is 0.146. The number of ether oxygens (including phenoxy) is 3. The molecule has 1 aliphatic rings. The summed E-state index contributed by atoms with van der Waals surface area (Å²) < 4.78 is 21.6. The molecule has 0 saturated carbocycles. The van der Waals surface area contributed by atoms with Crippen molar-refractivity contribution >= 4 is 16.9 Å². The normalized spacial score (nSPS) is 23.6. The van der Waals surface area contributed by atoms with Crippen LogP contribution in [0.5, 0.6) is 34.5 Å². The molecule has 1 saturated heterocycles. The highest BCUT2D eigenvalue weighted by Gasteiger charge is 2.46. The van der Waals surface area contributed by atoms with E-state index in [1.165, 1.54) is 6.07 Å². The summed E-state index contributed by atoms with van der Waals surface area (Å²) in [5.74, 6) is -6.16. The first-order chi connectivity index (χ1) is 18.8. The second-order valence-corrected chi connectivity index (χ2v) is 9.33. The third-order valence-electron chi connectivity index (χ3n) is 6.63. The van der Waals surface area contributed by atoms with Crippen molar-refractivity contribution in [2.75, 3.05) is 6.61 Å². The van der Waals surface area contributed by atoms with E-state index in [0.717, 1.165) is 18.2 Å². The number of aromatic hydroxyl groups is 5. The van der Waals surface area contributed by atoms with Gasteiger partial charge in [-0.1, -0.05) is 13.8 Å². The number of phenolic OH excluding ortho intramolecular Hbond substituents is 4. The van der Waals surface area contributed by atoms with Gasteiger partial charge in [0, 0.05) is 11.6 Å². The predicted molar refractivity (Wildman–Crippen MR) is 134 cm³/mol. The highest BCUT2D eigenvalue weighted by molar-refractivity contribution is 5.91. The average Bonchev–Trinajstić information content (AvgIpc) is 2.93. The van der Waals surface area contributed by atoms with Crippen LogP contribution in [0.25, 0.3) is 22.3 Å². The number of hydrogen-bond acceptors (Lipinski definition) is 14. The Labute approximate surface area is 225 Å².